The first kappa shape index (κ1) is 25.6. The van der Waals surface area contributed by atoms with Crippen LogP contribution in [0.4, 0.5) is 5.69 Å². The molecule has 0 saturated heterocycles. The normalized spacial score (nSPS) is 18.6. The monoisotopic (exact) mass is 447 g/mol. The maximum absolute atomic E-state index is 6.15. The molecule has 5 nitrogen and oxygen atoms in total. The number of hydrogen-bond donors (Lipinski definition) is 1. The molecule has 0 unspecified atom stereocenters. The fourth-order valence-corrected chi connectivity index (χ4v) is 4.32. The second-order valence-corrected chi connectivity index (χ2v) is 8.92. The quantitative estimate of drug-likeness (QED) is 0.250. The third-order valence-corrected chi connectivity index (χ3v) is 6.47. The van der Waals surface area contributed by atoms with E-state index in [2.05, 4.69) is 35.8 Å². The Bertz CT molecular complexity index is 645. The molecule has 2 rings (SSSR count). The number of anilines is 1. The van der Waals surface area contributed by atoms with Crippen LogP contribution in [0, 0.1) is 0 Å². The lowest BCUT2D eigenvalue weighted by Crippen LogP contribution is -2.42. The first-order valence-corrected chi connectivity index (χ1v) is 12.0. The summed E-state index contributed by atoms with van der Waals surface area (Å²) in [5, 5.41) is 4.11. The summed E-state index contributed by atoms with van der Waals surface area (Å²) in [7, 11) is 5.92. The highest BCUT2D eigenvalue weighted by molar-refractivity contribution is 7.80. The zero-order valence-electron chi connectivity index (χ0n) is 19.6. The summed E-state index contributed by atoms with van der Waals surface area (Å²) in [6, 6.07) is 8.33. The van der Waals surface area contributed by atoms with Crippen LogP contribution in [0.1, 0.15) is 51.4 Å². The first-order chi connectivity index (χ1) is 15.0. The Balaban J connectivity index is 1.56. The Kier molecular flexibility index (Phi) is 11.9. The Labute approximate surface area is 194 Å². The van der Waals surface area contributed by atoms with Crippen LogP contribution in [0.2, 0.25) is 0 Å². The van der Waals surface area contributed by atoms with E-state index >= 15 is 0 Å². The lowest BCUT2D eigenvalue weighted by Gasteiger charge is -2.36. The number of ether oxygens (including phenoxy) is 2. The van der Waals surface area contributed by atoms with E-state index in [0.717, 1.165) is 61.9 Å². The molecule has 174 valence electrons. The molecule has 0 aromatic heterocycles. The van der Waals surface area contributed by atoms with Crippen LogP contribution in [-0.2, 0) is 4.74 Å². The van der Waals surface area contributed by atoms with Crippen molar-refractivity contribution in [1.82, 2.24) is 9.80 Å². The van der Waals surface area contributed by atoms with Gasteiger partial charge < -0.3 is 24.6 Å². The van der Waals surface area contributed by atoms with E-state index in [1.165, 1.54) is 25.7 Å². The van der Waals surface area contributed by atoms with E-state index in [-0.39, 0.29) is 0 Å². The maximum atomic E-state index is 6.15. The van der Waals surface area contributed by atoms with E-state index in [4.69, 9.17) is 21.7 Å². The smallest absolute Gasteiger partial charge is 0.173 e. The lowest BCUT2D eigenvalue weighted by molar-refractivity contribution is 0.0149. The standard InChI is InChI=1S/C25H41N3O2S/c1-5-18-27(2)19-8-6-7-9-20-30-24-16-12-22(13-17-24)28(3)25(31)26-21-10-14-23(29-4)15-11-21/h5,10-11,14-15,22,24H,1,6-9,12-13,16-20H2,2-4H3,(H,26,31)/t22-,24-. The molecule has 0 heterocycles. The Morgan fingerprint density at radius 3 is 2.42 bits per heavy atom. The molecule has 0 bridgehead atoms. The van der Waals surface area contributed by atoms with Crippen LogP contribution in [0.3, 0.4) is 0 Å². The largest absolute Gasteiger partial charge is 0.497 e. The van der Waals surface area contributed by atoms with Crippen LogP contribution in [0.15, 0.2) is 36.9 Å². The summed E-state index contributed by atoms with van der Waals surface area (Å²) in [4.78, 5) is 4.52. The van der Waals surface area contributed by atoms with Crippen molar-refractivity contribution in [1.29, 1.82) is 0 Å². The molecule has 1 aliphatic carbocycles. The highest BCUT2D eigenvalue weighted by Crippen LogP contribution is 2.25. The van der Waals surface area contributed by atoms with Crippen LogP contribution >= 0.6 is 12.2 Å². The van der Waals surface area contributed by atoms with E-state index in [1.54, 1.807) is 7.11 Å². The molecule has 1 fully saturated rings. The molecule has 6 heteroatoms. The minimum absolute atomic E-state index is 0.409. The molecule has 0 radical (unpaired) electrons. The van der Waals surface area contributed by atoms with Crippen molar-refractivity contribution in [3.8, 4) is 5.75 Å². The summed E-state index contributed by atoms with van der Waals surface area (Å²) in [5.41, 5.74) is 0.988. The predicted octanol–water partition coefficient (Wildman–Crippen LogP) is 5.33. The number of benzene rings is 1. The van der Waals surface area contributed by atoms with Crippen molar-refractivity contribution >= 4 is 23.0 Å². The zero-order valence-corrected chi connectivity index (χ0v) is 20.5. The summed E-state index contributed by atoms with van der Waals surface area (Å²) >= 11 is 5.63. The van der Waals surface area contributed by atoms with Gasteiger partial charge in [-0.1, -0.05) is 18.9 Å². The van der Waals surface area contributed by atoms with Crippen LogP contribution < -0.4 is 10.1 Å². The van der Waals surface area contributed by atoms with Gasteiger partial charge in [-0.15, -0.1) is 6.58 Å². The van der Waals surface area contributed by atoms with Gasteiger partial charge in [0.1, 0.15) is 5.75 Å². The number of hydrogen-bond acceptors (Lipinski definition) is 4. The Morgan fingerprint density at radius 1 is 1.10 bits per heavy atom. The van der Waals surface area contributed by atoms with Gasteiger partial charge in [-0.25, -0.2) is 0 Å². The molecular weight excluding hydrogens is 406 g/mol. The first-order valence-electron chi connectivity index (χ1n) is 11.6. The summed E-state index contributed by atoms with van der Waals surface area (Å²) in [5.74, 6) is 0.847. The van der Waals surface area contributed by atoms with Crippen LogP contribution in [-0.4, -0.2) is 68.0 Å². The van der Waals surface area contributed by atoms with Gasteiger partial charge in [0.15, 0.2) is 5.11 Å². The predicted molar refractivity (Wildman–Crippen MR) is 135 cm³/mol. The average Bonchev–Trinajstić information content (AvgIpc) is 2.79. The molecule has 1 N–H and O–H groups in total. The van der Waals surface area contributed by atoms with E-state index in [0.29, 0.717) is 12.1 Å². The van der Waals surface area contributed by atoms with E-state index in [9.17, 15) is 0 Å². The number of likely N-dealkylation sites (N-methyl/N-ethyl adjacent to an activating group) is 1. The van der Waals surface area contributed by atoms with Gasteiger partial charge in [0.25, 0.3) is 0 Å². The Hall–Kier alpha value is -1.63. The minimum atomic E-state index is 0.409. The van der Waals surface area contributed by atoms with Gasteiger partial charge in [-0.05, 0) is 88.6 Å². The zero-order chi connectivity index (χ0) is 22.5. The third kappa shape index (κ3) is 9.58. The second-order valence-electron chi connectivity index (χ2n) is 8.54. The summed E-state index contributed by atoms with van der Waals surface area (Å²) in [6.45, 7) is 6.81. The molecular formula is C25H41N3O2S. The van der Waals surface area contributed by atoms with Crippen molar-refractivity contribution in [3.05, 3.63) is 36.9 Å². The topological polar surface area (TPSA) is 37.0 Å². The second kappa shape index (κ2) is 14.4. The SMILES string of the molecule is C=CCN(C)CCCCCCO[C@H]1CC[C@H](N(C)C(=S)Nc2ccc(OC)cc2)CC1. The molecule has 0 aliphatic heterocycles. The van der Waals surface area contributed by atoms with Crippen molar-refractivity contribution in [2.24, 2.45) is 0 Å². The van der Waals surface area contributed by atoms with E-state index in [1.807, 2.05) is 30.3 Å². The highest BCUT2D eigenvalue weighted by Gasteiger charge is 2.25. The molecule has 1 saturated carbocycles. The van der Waals surface area contributed by atoms with Gasteiger partial charge in [0, 0.05) is 31.9 Å². The molecule has 31 heavy (non-hydrogen) atoms. The molecule has 0 spiro atoms. The van der Waals surface area contributed by atoms with Crippen LogP contribution in [0.5, 0.6) is 5.75 Å². The maximum Gasteiger partial charge on any atom is 0.173 e. The highest BCUT2D eigenvalue weighted by atomic mass is 32.1. The fraction of sp³-hybridized carbons (Fsp3) is 0.640. The molecule has 1 aromatic rings. The van der Waals surface area contributed by atoms with Crippen molar-refractivity contribution in [2.75, 3.05) is 46.2 Å². The molecule has 0 amide bonds. The Morgan fingerprint density at radius 2 is 1.77 bits per heavy atom. The van der Waals surface area contributed by atoms with Crippen molar-refractivity contribution in [2.45, 2.75) is 63.5 Å². The number of rotatable bonds is 13. The fourth-order valence-electron chi connectivity index (χ4n) is 4.05. The van der Waals surface area contributed by atoms with E-state index < -0.39 is 0 Å². The number of unbranched alkanes of at least 4 members (excludes halogenated alkanes) is 3. The summed E-state index contributed by atoms with van der Waals surface area (Å²) < 4.78 is 11.4. The van der Waals surface area contributed by atoms with Crippen molar-refractivity contribution < 1.29 is 9.47 Å². The van der Waals surface area contributed by atoms with Crippen LogP contribution in [0.25, 0.3) is 0 Å². The number of methoxy groups -OCH3 is 1. The van der Waals surface area contributed by atoms with Gasteiger partial charge >= 0.3 is 0 Å². The average molecular weight is 448 g/mol. The molecule has 1 aromatic carbocycles. The molecule has 1 aliphatic rings. The number of nitrogens with one attached hydrogen (secondary N) is 1. The van der Waals surface area contributed by atoms with Gasteiger partial charge in [0.2, 0.25) is 0 Å². The number of nitrogens with zero attached hydrogens (tertiary/aromatic N) is 2. The van der Waals surface area contributed by atoms with Gasteiger partial charge in [0.05, 0.1) is 13.2 Å². The van der Waals surface area contributed by atoms with Gasteiger partial charge in [-0.3, -0.25) is 0 Å². The van der Waals surface area contributed by atoms with Gasteiger partial charge in [-0.2, -0.15) is 0 Å². The minimum Gasteiger partial charge on any atom is -0.497 e. The molecule has 0 atom stereocenters. The summed E-state index contributed by atoms with van der Waals surface area (Å²) in [6.07, 6.45) is 11.8. The number of thiocarbonyl (C=S) groups is 1. The lowest BCUT2D eigenvalue weighted by atomic mass is 9.92. The third-order valence-electron chi connectivity index (χ3n) is 6.08. The van der Waals surface area contributed by atoms with Crippen molar-refractivity contribution in [3.63, 3.8) is 0 Å².